The van der Waals surface area contributed by atoms with Crippen molar-refractivity contribution in [1.29, 1.82) is 0 Å². The molecule has 2 aromatic carbocycles. The van der Waals surface area contributed by atoms with Crippen LogP contribution in [0, 0.1) is 11.7 Å². The number of benzene rings is 2. The number of nitrogens with two attached hydrogens (primary N) is 1. The number of hydrogen-bond donors (Lipinski definition) is 2. The summed E-state index contributed by atoms with van der Waals surface area (Å²) < 4.78 is 13.6. The number of hydrogen-bond acceptors (Lipinski definition) is 2. The summed E-state index contributed by atoms with van der Waals surface area (Å²) in [7, 11) is 0. The smallest absolute Gasteiger partial charge is 0.222 e. The highest BCUT2D eigenvalue weighted by Crippen LogP contribution is 2.14. The monoisotopic (exact) mass is 350 g/mol. The second kappa shape index (κ2) is 10.1. The Hall–Kier alpha value is -1.91. The molecule has 5 heteroatoms. The van der Waals surface area contributed by atoms with Crippen LogP contribution >= 0.6 is 12.4 Å². The summed E-state index contributed by atoms with van der Waals surface area (Å²) in [5.41, 5.74) is 7.70. The van der Waals surface area contributed by atoms with E-state index >= 15 is 0 Å². The molecule has 2 unspecified atom stereocenters. The molecule has 0 spiro atoms. The molecular formula is C19H24ClFN2O. The van der Waals surface area contributed by atoms with Crippen LogP contribution in [0.15, 0.2) is 54.6 Å². The standard InChI is InChI=1S/C19H23FN2O.ClH/c1-14(11-12-15-7-5-6-10-17(15)20)19(23)22-13-18(21)16-8-3-2-4-9-16;/h2-10,14,18H,11-13,21H2,1H3,(H,22,23);1H. The number of halogens is 2. The predicted octanol–water partition coefficient (Wildman–Crippen LogP) is 3.63. The van der Waals surface area contributed by atoms with Crippen molar-refractivity contribution >= 4 is 18.3 Å². The largest absolute Gasteiger partial charge is 0.354 e. The zero-order valence-corrected chi connectivity index (χ0v) is 14.6. The lowest BCUT2D eigenvalue weighted by Gasteiger charge is -2.16. The van der Waals surface area contributed by atoms with Gasteiger partial charge in [0, 0.05) is 18.5 Å². The van der Waals surface area contributed by atoms with E-state index in [1.807, 2.05) is 43.3 Å². The average Bonchev–Trinajstić information content (AvgIpc) is 2.59. The number of carbonyl (C=O) groups is 1. The van der Waals surface area contributed by atoms with E-state index in [0.717, 1.165) is 5.56 Å². The third-order valence-electron chi connectivity index (χ3n) is 3.98. The van der Waals surface area contributed by atoms with Crippen LogP contribution in [0.2, 0.25) is 0 Å². The summed E-state index contributed by atoms with van der Waals surface area (Å²) in [6.45, 7) is 2.25. The molecule has 2 aromatic rings. The zero-order valence-electron chi connectivity index (χ0n) is 13.7. The van der Waals surface area contributed by atoms with Crippen LogP contribution < -0.4 is 11.1 Å². The molecule has 0 fully saturated rings. The maximum absolute atomic E-state index is 13.6. The molecular weight excluding hydrogens is 327 g/mol. The fraction of sp³-hybridized carbons (Fsp3) is 0.316. The van der Waals surface area contributed by atoms with Crippen molar-refractivity contribution in [3.63, 3.8) is 0 Å². The SMILES string of the molecule is CC(CCc1ccccc1F)C(=O)NCC(N)c1ccccc1.Cl. The van der Waals surface area contributed by atoms with Gasteiger partial charge in [-0.1, -0.05) is 55.5 Å². The van der Waals surface area contributed by atoms with E-state index in [1.54, 1.807) is 12.1 Å². The van der Waals surface area contributed by atoms with Crippen LogP contribution in [0.5, 0.6) is 0 Å². The van der Waals surface area contributed by atoms with E-state index in [9.17, 15) is 9.18 Å². The van der Waals surface area contributed by atoms with Crippen molar-refractivity contribution in [2.24, 2.45) is 11.7 Å². The highest BCUT2D eigenvalue weighted by molar-refractivity contribution is 5.85. The molecule has 0 bridgehead atoms. The molecule has 2 atom stereocenters. The van der Waals surface area contributed by atoms with Gasteiger partial charge in [0.05, 0.1) is 0 Å². The Morgan fingerprint density at radius 3 is 2.42 bits per heavy atom. The van der Waals surface area contributed by atoms with Gasteiger partial charge in [-0.2, -0.15) is 0 Å². The van der Waals surface area contributed by atoms with Crippen LogP contribution in [0.1, 0.15) is 30.5 Å². The minimum atomic E-state index is -0.223. The Bertz CT molecular complexity index is 636. The van der Waals surface area contributed by atoms with Gasteiger partial charge in [-0.15, -0.1) is 12.4 Å². The second-order valence-corrected chi connectivity index (χ2v) is 5.79. The van der Waals surface area contributed by atoms with Crippen molar-refractivity contribution in [3.8, 4) is 0 Å². The molecule has 0 aliphatic rings. The Morgan fingerprint density at radius 2 is 1.75 bits per heavy atom. The van der Waals surface area contributed by atoms with Gasteiger partial charge in [0.15, 0.2) is 0 Å². The fourth-order valence-corrected chi connectivity index (χ4v) is 2.41. The van der Waals surface area contributed by atoms with Crippen LogP contribution in [-0.4, -0.2) is 12.5 Å². The summed E-state index contributed by atoms with van der Waals surface area (Å²) in [6.07, 6.45) is 1.15. The molecule has 0 aliphatic carbocycles. The number of amides is 1. The van der Waals surface area contributed by atoms with Gasteiger partial charge in [-0.05, 0) is 30.0 Å². The van der Waals surface area contributed by atoms with Gasteiger partial charge >= 0.3 is 0 Å². The number of carbonyl (C=O) groups excluding carboxylic acids is 1. The molecule has 3 nitrogen and oxygen atoms in total. The second-order valence-electron chi connectivity index (χ2n) is 5.79. The van der Waals surface area contributed by atoms with Crippen molar-refractivity contribution < 1.29 is 9.18 Å². The molecule has 24 heavy (non-hydrogen) atoms. The Labute approximate surface area is 148 Å². The Kier molecular flexibility index (Phi) is 8.44. The molecule has 130 valence electrons. The molecule has 3 N–H and O–H groups in total. The first-order valence-corrected chi connectivity index (χ1v) is 7.89. The first-order chi connectivity index (χ1) is 11.1. The maximum Gasteiger partial charge on any atom is 0.222 e. The van der Waals surface area contributed by atoms with E-state index in [0.29, 0.717) is 24.9 Å². The number of aryl methyl sites for hydroxylation is 1. The lowest BCUT2D eigenvalue weighted by Crippen LogP contribution is -2.35. The van der Waals surface area contributed by atoms with E-state index in [-0.39, 0.29) is 36.1 Å². The zero-order chi connectivity index (χ0) is 16.7. The van der Waals surface area contributed by atoms with E-state index in [2.05, 4.69) is 5.32 Å². The van der Waals surface area contributed by atoms with Crippen molar-refractivity contribution in [2.75, 3.05) is 6.54 Å². The number of nitrogens with one attached hydrogen (secondary N) is 1. The summed E-state index contributed by atoms with van der Waals surface area (Å²) in [6, 6.07) is 16.1. The molecule has 2 rings (SSSR count). The summed E-state index contributed by atoms with van der Waals surface area (Å²) in [5, 5.41) is 2.87. The van der Waals surface area contributed by atoms with Crippen LogP contribution in [0.4, 0.5) is 4.39 Å². The van der Waals surface area contributed by atoms with Crippen molar-refractivity contribution in [1.82, 2.24) is 5.32 Å². The normalized spacial score (nSPS) is 12.8. The molecule has 0 saturated heterocycles. The first-order valence-electron chi connectivity index (χ1n) is 7.89. The Morgan fingerprint density at radius 1 is 1.12 bits per heavy atom. The topological polar surface area (TPSA) is 55.1 Å². The van der Waals surface area contributed by atoms with E-state index in [1.165, 1.54) is 6.07 Å². The van der Waals surface area contributed by atoms with Gasteiger partial charge in [0.1, 0.15) is 5.82 Å². The third kappa shape index (κ3) is 5.95. The molecule has 0 radical (unpaired) electrons. The first kappa shape index (κ1) is 20.1. The van der Waals surface area contributed by atoms with Gasteiger partial charge in [-0.3, -0.25) is 4.79 Å². The Balaban J connectivity index is 0.00000288. The molecule has 0 aromatic heterocycles. The predicted molar refractivity (Wildman–Crippen MR) is 97.5 cm³/mol. The van der Waals surface area contributed by atoms with Gasteiger partial charge in [0.25, 0.3) is 0 Å². The quantitative estimate of drug-likeness (QED) is 0.801. The molecule has 0 heterocycles. The average molecular weight is 351 g/mol. The highest BCUT2D eigenvalue weighted by atomic mass is 35.5. The van der Waals surface area contributed by atoms with Gasteiger partial charge < -0.3 is 11.1 Å². The molecule has 0 aliphatic heterocycles. The van der Waals surface area contributed by atoms with Crippen LogP contribution in [0.3, 0.4) is 0 Å². The van der Waals surface area contributed by atoms with E-state index < -0.39 is 0 Å². The summed E-state index contributed by atoms with van der Waals surface area (Å²) in [4.78, 5) is 12.1. The van der Waals surface area contributed by atoms with Crippen molar-refractivity contribution in [3.05, 3.63) is 71.5 Å². The van der Waals surface area contributed by atoms with Crippen molar-refractivity contribution in [2.45, 2.75) is 25.8 Å². The summed E-state index contributed by atoms with van der Waals surface area (Å²) >= 11 is 0. The van der Waals surface area contributed by atoms with E-state index in [4.69, 9.17) is 5.73 Å². The van der Waals surface area contributed by atoms with Crippen LogP contribution in [0.25, 0.3) is 0 Å². The molecule has 1 amide bonds. The summed E-state index contributed by atoms with van der Waals surface area (Å²) in [5.74, 6) is -0.448. The minimum absolute atomic E-state index is 0. The maximum atomic E-state index is 13.6. The van der Waals surface area contributed by atoms with Crippen LogP contribution in [-0.2, 0) is 11.2 Å². The third-order valence-corrected chi connectivity index (χ3v) is 3.98. The molecule has 0 saturated carbocycles. The van der Waals surface area contributed by atoms with Gasteiger partial charge in [-0.25, -0.2) is 4.39 Å². The number of rotatable bonds is 7. The van der Waals surface area contributed by atoms with Gasteiger partial charge in [0.2, 0.25) is 5.91 Å². The minimum Gasteiger partial charge on any atom is -0.354 e. The fourth-order valence-electron chi connectivity index (χ4n) is 2.41. The lowest BCUT2D eigenvalue weighted by molar-refractivity contribution is -0.124. The lowest BCUT2D eigenvalue weighted by atomic mass is 9.99. The highest BCUT2D eigenvalue weighted by Gasteiger charge is 2.15.